The summed E-state index contributed by atoms with van der Waals surface area (Å²) in [5.41, 5.74) is 0.307. The second-order valence-corrected chi connectivity index (χ2v) is 5.96. The molecule has 0 saturated heterocycles. The SMILES string of the molecule is CC(=O)c1cccc(S(=O)(=O)NCC(=O)N(C)C)c1. The summed E-state index contributed by atoms with van der Waals surface area (Å²) in [5.74, 6) is -0.576. The third kappa shape index (κ3) is 4.15. The molecule has 7 heteroatoms. The van der Waals surface area contributed by atoms with Crippen LogP contribution in [0.25, 0.3) is 0 Å². The number of sulfonamides is 1. The Morgan fingerprint density at radius 1 is 1.26 bits per heavy atom. The van der Waals surface area contributed by atoms with Crippen LogP contribution in [0, 0.1) is 0 Å². The van der Waals surface area contributed by atoms with Gasteiger partial charge in [-0.25, -0.2) is 13.1 Å². The fourth-order valence-corrected chi connectivity index (χ4v) is 2.30. The molecule has 0 saturated carbocycles. The lowest BCUT2D eigenvalue weighted by Crippen LogP contribution is -2.36. The zero-order valence-electron chi connectivity index (χ0n) is 11.0. The Labute approximate surface area is 112 Å². The van der Waals surface area contributed by atoms with Crippen LogP contribution in [0.2, 0.25) is 0 Å². The molecule has 1 amide bonds. The number of nitrogens with one attached hydrogen (secondary N) is 1. The molecule has 6 nitrogen and oxygen atoms in total. The van der Waals surface area contributed by atoms with Gasteiger partial charge in [-0.3, -0.25) is 9.59 Å². The fourth-order valence-electron chi connectivity index (χ4n) is 1.28. The van der Waals surface area contributed by atoms with Crippen molar-refractivity contribution >= 4 is 21.7 Å². The van der Waals surface area contributed by atoms with Gasteiger partial charge in [-0.05, 0) is 19.1 Å². The van der Waals surface area contributed by atoms with Crippen molar-refractivity contribution < 1.29 is 18.0 Å². The van der Waals surface area contributed by atoms with E-state index in [4.69, 9.17) is 0 Å². The molecule has 1 aromatic carbocycles. The highest BCUT2D eigenvalue weighted by molar-refractivity contribution is 7.89. The van der Waals surface area contributed by atoms with E-state index in [2.05, 4.69) is 4.72 Å². The van der Waals surface area contributed by atoms with Crippen molar-refractivity contribution in [2.75, 3.05) is 20.6 Å². The van der Waals surface area contributed by atoms with Crippen LogP contribution in [-0.4, -0.2) is 45.6 Å². The van der Waals surface area contributed by atoms with E-state index >= 15 is 0 Å². The summed E-state index contributed by atoms with van der Waals surface area (Å²) in [7, 11) is -0.725. The largest absolute Gasteiger partial charge is 0.348 e. The minimum Gasteiger partial charge on any atom is -0.348 e. The molecule has 1 rings (SSSR count). The molecule has 0 aliphatic heterocycles. The van der Waals surface area contributed by atoms with Crippen LogP contribution in [0.15, 0.2) is 29.2 Å². The van der Waals surface area contributed by atoms with Gasteiger partial charge in [-0.15, -0.1) is 0 Å². The predicted molar refractivity (Wildman–Crippen MR) is 70.3 cm³/mol. The molecule has 0 heterocycles. The molecule has 0 unspecified atom stereocenters. The van der Waals surface area contributed by atoms with Gasteiger partial charge < -0.3 is 4.90 Å². The third-order valence-electron chi connectivity index (χ3n) is 2.46. The molecular formula is C12H16N2O4S. The lowest BCUT2D eigenvalue weighted by Gasteiger charge is -2.11. The monoisotopic (exact) mass is 284 g/mol. The number of carbonyl (C=O) groups is 2. The van der Waals surface area contributed by atoms with E-state index in [0.29, 0.717) is 5.56 Å². The summed E-state index contributed by atoms with van der Waals surface area (Å²) in [6.45, 7) is 1.04. The van der Waals surface area contributed by atoms with Gasteiger partial charge in [0, 0.05) is 19.7 Å². The quantitative estimate of drug-likeness (QED) is 0.786. The Hall–Kier alpha value is -1.73. The molecule has 19 heavy (non-hydrogen) atoms. The van der Waals surface area contributed by atoms with E-state index in [1.807, 2.05) is 0 Å². The van der Waals surface area contributed by atoms with Crippen molar-refractivity contribution in [3.05, 3.63) is 29.8 Å². The van der Waals surface area contributed by atoms with E-state index in [1.165, 1.54) is 50.2 Å². The number of carbonyl (C=O) groups excluding carboxylic acids is 2. The van der Waals surface area contributed by atoms with Gasteiger partial charge >= 0.3 is 0 Å². The Morgan fingerprint density at radius 3 is 2.42 bits per heavy atom. The molecule has 1 N–H and O–H groups in total. The smallest absolute Gasteiger partial charge is 0.241 e. The lowest BCUT2D eigenvalue weighted by atomic mass is 10.2. The van der Waals surface area contributed by atoms with Crippen molar-refractivity contribution in [3.8, 4) is 0 Å². The molecule has 0 atom stereocenters. The molecule has 0 aliphatic rings. The van der Waals surface area contributed by atoms with Crippen LogP contribution in [0.5, 0.6) is 0 Å². The molecule has 0 bridgehead atoms. The molecule has 0 fully saturated rings. The Bertz CT molecular complexity index is 594. The van der Waals surface area contributed by atoms with E-state index in [9.17, 15) is 18.0 Å². The number of ketones is 1. The number of likely N-dealkylation sites (N-methyl/N-ethyl adjacent to an activating group) is 1. The number of hydrogen-bond acceptors (Lipinski definition) is 4. The molecule has 1 aromatic rings. The maximum atomic E-state index is 11.9. The van der Waals surface area contributed by atoms with Crippen LogP contribution >= 0.6 is 0 Å². The van der Waals surface area contributed by atoms with E-state index in [1.54, 1.807) is 0 Å². The van der Waals surface area contributed by atoms with Gasteiger partial charge in [0.2, 0.25) is 15.9 Å². The normalized spacial score (nSPS) is 11.1. The van der Waals surface area contributed by atoms with Crippen LogP contribution < -0.4 is 4.72 Å². The van der Waals surface area contributed by atoms with Crippen molar-refractivity contribution in [1.82, 2.24) is 9.62 Å². The molecule has 0 aliphatic carbocycles. The summed E-state index contributed by atoms with van der Waals surface area (Å²) in [6, 6.07) is 5.67. The van der Waals surface area contributed by atoms with Crippen LogP contribution in [0.3, 0.4) is 0 Å². The zero-order valence-corrected chi connectivity index (χ0v) is 11.8. The minimum absolute atomic E-state index is 0.0354. The highest BCUT2D eigenvalue weighted by Crippen LogP contribution is 2.11. The average Bonchev–Trinajstić information content (AvgIpc) is 2.36. The van der Waals surface area contributed by atoms with Gasteiger partial charge in [0.1, 0.15) is 0 Å². The number of benzene rings is 1. The molecule has 104 valence electrons. The second kappa shape index (κ2) is 5.94. The standard InChI is InChI=1S/C12H16N2O4S/c1-9(15)10-5-4-6-11(7-10)19(17,18)13-8-12(16)14(2)3/h4-7,13H,8H2,1-3H3. The highest BCUT2D eigenvalue weighted by atomic mass is 32.2. The van der Waals surface area contributed by atoms with Crippen molar-refractivity contribution in [1.29, 1.82) is 0 Å². The summed E-state index contributed by atoms with van der Waals surface area (Å²) in [5, 5.41) is 0. The molecule has 0 aromatic heterocycles. The van der Waals surface area contributed by atoms with E-state index in [0.717, 1.165) is 0 Å². The Morgan fingerprint density at radius 2 is 1.89 bits per heavy atom. The minimum atomic E-state index is -3.79. The van der Waals surface area contributed by atoms with Crippen molar-refractivity contribution in [2.24, 2.45) is 0 Å². The topological polar surface area (TPSA) is 83.5 Å². The Kier molecular flexibility index (Phi) is 4.79. The molecular weight excluding hydrogens is 268 g/mol. The third-order valence-corrected chi connectivity index (χ3v) is 3.86. The van der Waals surface area contributed by atoms with E-state index < -0.39 is 10.0 Å². The first-order valence-electron chi connectivity index (χ1n) is 5.55. The average molecular weight is 284 g/mol. The molecule has 0 radical (unpaired) electrons. The first-order valence-corrected chi connectivity index (χ1v) is 7.03. The summed E-state index contributed by atoms with van der Waals surface area (Å²) >= 11 is 0. The van der Waals surface area contributed by atoms with Gasteiger partial charge in [0.25, 0.3) is 0 Å². The fraction of sp³-hybridized carbons (Fsp3) is 0.333. The van der Waals surface area contributed by atoms with Crippen LogP contribution in [0.4, 0.5) is 0 Å². The highest BCUT2D eigenvalue weighted by Gasteiger charge is 2.17. The number of rotatable bonds is 5. The summed E-state index contributed by atoms with van der Waals surface area (Å²) < 4.78 is 26.1. The van der Waals surface area contributed by atoms with Crippen LogP contribution in [-0.2, 0) is 14.8 Å². The number of amides is 1. The number of hydrogen-bond donors (Lipinski definition) is 1. The maximum Gasteiger partial charge on any atom is 0.241 e. The van der Waals surface area contributed by atoms with Gasteiger partial charge in [-0.2, -0.15) is 0 Å². The molecule has 0 spiro atoms. The van der Waals surface area contributed by atoms with E-state index in [-0.39, 0.29) is 23.1 Å². The van der Waals surface area contributed by atoms with Gasteiger partial charge in [0.15, 0.2) is 5.78 Å². The van der Waals surface area contributed by atoms with Crippen molar-refractivity contribution in [3.63, 3.8) is 0 Å². The van der Waals surface area contributed by atoms with Gasteiger partial charge in [0.05, 0.1) is 11.4 Å². The first-order chi connectivity index (χ1) is 8.74. The second-order valence-electron chi connectivity index (χ2n) is 4.20. The first kappa shape index (κ1) is 15.3. The summed E-state index contributed by atoms with van der Waals surface area (Å²) in [4.78, 5) is 23.8. The summed E-state index contributed by atoms with van der Waals surface area (Å²) in [6.07, 6.45) is 0. The number of Topliss-reactive ketones (excluding diaryl/α,β-unsaturated/α-hetero) is 1. The van der Waals surface area contributed by atoms with Gasteiger partial charge in [-0.1, -0.05) is 12.1 Å². The predicted octanol–water partition coefficient (Wildman–Crippen LogP) is 0.256. The number of nitrogens with zero attached hydrogens (tertiary/aromatic N) is 1. The lowest BCUT2D eigenvalue weighted by molar-refractivity contribution is -0.127. The van der Waals surface area contributed by atoms with Crippen molar-refractivity contribution in [2.45, 2.75) is 11.8 Å². The Balaban J connectivity index is 2.92. The maximum absolute atomic E-state index is 11.9. The van der Waals surface area contributed by atoms with Crippen LogP contribution in [0.1, 0.15) is 17.3 Å². The zero-order chi connectivity index (χ0) is 14.6.